The van der Waals surface area contributed by atoms with E-state index in [1.807, 2.05) is 9.80 Å². The van der Waals surface area contributed by atoms with E-state index in [1.54, 1.807) is 42.3 Å². The zero-order valence-electron chi connectivity index (χ0n) is 20.7. The summed E-state index contributed by atoms with van der Waals surface area (Å²) < 4.78 is 45.0. The minimum Gasteiger partial charge on any atom is -0.356 e. The average Bonchev–Trinajstić information content (AvgIpc) is 3.54. The van der Waals surface area contributed by atoms with Crippen molar-refractivity contribution in [2.45, 2.75) is 18.8 Å². The molecule has 2 amide bonds. The number of benzene rings is 1. The van der Waals surface area contributed by atoms with Crippen LogP contribution in [0.5, 0.6) is 0 Å². The number of amides is 2. The first-order valence-corrected chi connectivity index (χ1v) is 12.1. The predicted molar refractivity (Wildman–Crippen MR) is 134 cm³/mol. The molecule has 4 aromatic rings. The lowest BCUT2D eigenvalue weighted by molar-refractivity contribution is -0.138. The number of fused-ring (bicyclic) bond motifs is 2. The van der Waals surface area contributed by atoms with Crippen LogP contribution in [0.15, 0.2) is 47.8 Å². The number of hydrogen-bond acceptors (Lipinski definition) is 5. The van der Waals surface area contributed by atoms with Gasteiger partial charge in [-0.2, -0.15) is 13.2 Å². The molecule has 1 aromatic carbocycles. The van der Waals surface area contributed by atoms with Crippen LogP contribution in [-0.2, 0) is 26.8 Å². The van der Waals surface area contributed by atoms with Crippen molar-refractivity contribution in [3.63, 3.8) is 0 Å². The maximum Gasteiger partial charge on any atom is 0.418 e. The van der Waals surface area contributed by atoms with Gasteiger partial charge in [-0.05, 0) is 17.7 Å². The number of anilines is 1. The van der Waals surface area contributed by atoms with Gasteiger partial charge in [0.2, 0.25) is 5.95 Å². The van der Waals surface area contributed by atoms with Gasteiger partial charge < -0.3 is 19.7 Å². The number of aryl methyl sites for hydroxylation is 1. The van der Waals surface area contributed by atoms with Crippen molar-refractivity contribution >= 4 is 22.9 Å². The van der Waals surface area contributed by atoms with Gasteiger partial charge in [0.15, 0.2) is 0 Å². The van der Waals surface area contributed by atoms with Gasteiger partial charge in [-0.25, -0.2) is 14.8 Å². The Labute approximate surface area is 214 Å². The lowest BCUT2D eigenvalue weighted by Crippen LogP contribution is -2.52. The summed E-state index contributed by atoms with van der Waals surface area (Å²) in [5.41, 5.74) is 1.03. The fourth-order valence-electron chi connectivity index (χ4n) is 5.34. The van der Waals surface area contributed by atoms with E-state index in [0.717, 1.165) is 11.8 Å². The lowest BCUT2D eigenvalue weighted by Gasteiger charge is -2.36. The summed E-state index contributed by atoms with van der Waals surface area (Å²) in [5.74, 6) is 0.564. The van der Waals surface area contributed by atoms with Crippen LogP contribution >= 0.6 is 0 Å². The molecule has 0 bridgehead atoms. The summed E-state index contributed by atoms with van der Waals surface area (Å²) in [6.45, 7) is 2.35. The zero-order valence-corrected chi connectivity index (χ0v) is 20.7. The topological polar surface area (TPSA) is 93.2 Å². The fourth-order valence-corrected chi connectivity index (χ4v) is 5.34. The van der Waals surface area contributed by atoms with E-state index in [4.69, 9.17) is 0 Å². The molecule has 2 saturated heterocycles. The Morgan fingerprint density at radius 1 is 1.05 bits per heavy atom. The Kier molecular flexibility index (Phi) is 5.47. The number of nitrogens with zero attached hydrogens (tertiary/aromatic N) is 7. The maximum atomic E-state index is 13.6. The molecule has 0 spiro atoms. The summed E-state index contributed by atoms with van der Waals surface area (Å²) >= 11 is 0. The third-order valence-electron chi connectivity index (χ3n) is 7.31. The van der Waals surface area contributed by atoms with Crippen LogP contribution in [-0.4, -0.2) is 67.1 Å². The van der Waals surface area contributed by atoms with Crippen LogP contribution in [0.3, 0.4) is 0 Å². The van der Waals surface area contributed by atoms with Gasteiger partial charge in [0.1, 0.15) is 0 Å². The quantitative estimate of drug-likeness (QED) is 0.441. The summed E-state index contributed by atoms with van der Waals surface area (Å²) in [5, 5.41) is 3.27. The number of hydrogen-bond donors (Lipinski definition) is 1. The highest BCUT2D eigenvalue weighted by Crippen LogP contribution is 2.33. The normalized spacial score (nSPS) is 17.8. The zero-order chi connectivity index (χ0) is 26.8. The summed E-state index contributed by atoms with van der Waals surface area (Å²) in [6, 6.07) is 5.28. The molecule has 0 saturated carbocycles. The van der Waals surface area contributed by atoms with E-state index < -0.39 is 11.7 Å². The monoisotopic (exact) mass is 526 g/mol. The predicted octanol–water partition coefficient (Wildman–Crippen LogP) is 2.42. The van der Waals surface area contributed by atoms with E-state index in [9.17, 15) is 22.8 Å². The molecule has 13 heteroatoms. The smallest absolute Gasteiger partial charge is 0.356 e. The molecular weight excluding hydrogens is 501 g/mol. The maximum absolute atomic E-state index is 13.6. The number of aromatic nitrogens is 5. The molecule has 2 aliphatic heterocycles. The van der Waals surface area contributed by atoms with E-state index >= 15 is 0 Å². The number of carbonyl (C=O) groups is 1. The van der Waals surface area contributed by atoms with Crippen molar-refractivity contribution in [1.29, 1.82) is 0 Å². The summed E-state index contributed by atoms with van der Waals surface area (Å²) in [6.07, 6.45) is 1.35. The van der Waals surface area contributed by atoms with Crippen molar-refractivity contribution in [2.75, 3.05) is 31.1 Å². The minimum atomic E-state index is -4.50. The standard InChI is InChI=1S/C25H25F3N8O2/c1-32-11-17(20(14-32)25(26,27)28)12-36-21-7-15(3-4-19(21)22(37)33(36)2)16-8-29-23(30-9-16)34-5-6-35-18(13-34)10-31-24(35)38/h3-4,7-9,11,14,18H,5-6,10,12-13H2,1-2H3,(H,31,38)/t18-/m0/s1. The summed E-state index contributed by atoms with van der Waals surface area (Å²) in [7, 11) is 3.08. The largest absolute Gasteiger partial charge is 0.418 e. The Morgan fingerprint density at radius 2 is 1.82 bits per heavy atom. The molecular formula is C25H25F3N8O2. The molecule has 2 fully saturated rings. The van der Waals surface area contributed by atoms with Gasteiger partial charge in [0, 0.05) is 76.2 Å². The van der Waals surface area contributed by atoms with Crippen LogP contribution in [0.2, 0.25) is 0 Å². The molecule has 1 atom stereocenters. The second-order valence-corrected chi connectivity index (χ2v) is 9.73. The minimum absolute atomic E-state index is 0.0393. The highest BCUT2D eigenvalue weighted by Gasteiger charge is 2.36. The Bertz CT molecular complexity index is 1600. The molecule has 5 heterocycles. The van der Waals surface area contributed by atoms with Crippen molar-refractivity contribution < 1.29 is 18.0 Å². The Hall–Kier alpha value is -4.29. The first-order chi connectivity index (χ1) is 18.1. The van der Waals surface area contributed by atoms with E-state index in [1.165, 1.54) is 22.5 Å². The lowest BCUT2D eigenvalue weighted by atomic mass is 10.1. The molecule has 0 radical (unpaired) electrons. The first kappa shape index (κ1) is 24.1. The van der Waals surface area contributed by atoms with Crippen LogP contribution in [0.1, 0.15) is 11.1 Å². The van der Waals surface area contributed by atoms with E-state index in [2.05, 4.69) is 15.3 Å². The molecule has 38 heavy (non-hydrogen) atoms. The number of rotatable bonds is 4. The molecule has 0 unspecified atom stereocenters. The van der Waals surface area contributed by atoms with E-state index in [-0.39, 0.29) is 29.7 Å². The van der Waals surface area contributed by atoms with Gasteiger partial charge >= 0.3 is 12.2 Å². The SMILES string of the molecule is Cn1cc(Cn2c3cc(-c4cnc(N5CCN6C(=O)NC[C@H]6C5)nc4)ccc3c(=O)n2C)c(C(F)(F)F)c1. The highest BCUT2D eigenvalue weighted by atomic mass is 19.4. The molecule has 10 nitrogen and oxygen atoms in total. The van der Waals surface area contributed by atoms with Crippen LogP contribution in [0.25, 0.3) is 22.0 Å². The number of halogens is 3. The van der Waals surface area contributed by atoms with Gasteiger partial charge in [0.05, 0.1) is 29.1 Å². The Morgan fingerprint density at radius 3 is 2.55 bits per heavy atom. The number of carbonyl (C=O) groups excluding carboxylic acids is 1. The second-order valence-electron chi connectivity index (χ2n) is 9.73. The van der Waals surface area contributed by atoms with Gasteiger partial charge in [-0.15, -0.1) is 0 Å². The van der Waals surface area contributed by atoms with Crippen molar-refractivity contribution in [1.82, 2.24) is 34.1 Å². The fraction of sp³-hybridized carbons (Fsp3) is 0.360. The van der Waals surface area contributed by atoms with Gasteiger partial charge in [0.25, 0.3) is 5.56 Å². The second kappa shape index (κ2) is 8.64. The van der Waals surface area contributed by atoms with E-state index in [0.29, 0.717) is 48.6 Å². The third-order valence-corrected chi connectivity index (χ3v) is 7.31. The number of nitrogens with one attached hydrogen (secondary N) is 1. The number of urea groups is 1. The molecule has 198 valence electrons. The molecule has 1 N–H and O–H groups in total. The van der Waals surface area contributed by atoms with Crippen LogP contribution < -0.4 is 15.8 Å². The molecule has 6 rings (SSSR count). The van der Waals surface area contributed by atoms with Crippen molar-refractivity contribution in [3.05, 3.63) is 64.5 Å². The number of piperazine rings is 1. The average molecular weight is 527 g/mol. The van der Waals surface area contributed by atoms with Crippen molar-refractivity contribution in [2.24, 2.45) is 14.1 Å². The molecule has 3 aromatic heterocycles. The van der Waals surface area contributed by atoms with Crippen LogP contribution in [0.4, 0.5) is 23.9 Å². The third kappa shape index (κ3) is 3.98. The molecule has 0 aliphatic carbocycles. The van der Waals surface area contributed by atoms with Gasteiger partial charge in [-0.3, -0.25) is 14.2 Å². The van der Waals surface area contributed by atoms with Crippen LogP contribution in [0, 0.1) is 0 Å². The van der Waals surface area contributed by atoms with Crippen molar-refractivity contribution in [3.8, 4) is 11.1 Å². The first-order valence-electron chi connectivity index (χ1n) is 12.1. The highest BCUT2D eigenvalue weighted by molar-refractivity contribution is 5.84. The summed E-state index contributed by atoms with van der Waals surface area (Å²) in [4.78, 5) is 37.6. The molecule has 2 aliphatic rings. The van der Waals surface area contributed by atoms with Gasteiger partial charge in [-0.1, -0.05) is 6.07 Å². The number of alkyl halides is 3. The Balaban J connectivity index is 1.31.